The fraction of sp³-hybridized carbons (Fsp3) is 0.949. The van der Waals surface area contributed by atoms with Gasteiger partial charge in [0.1, 0.15) is 13.2 Å². The van der Waals surface area contributed by atoms with E-state index < -0.39 is 6.10 Å². The van der Waals surface area contributed by atoms with E-state index in [1.807, 2.05) is 0 Å². The number of carbonyl (C=O) groups excluding carboxylic acids is 3. The van der Waals surface area contributed by atoms with Gasteiger partial charge in [-0.3, -0.25) is 14.4 Å². The van der Waals surface area contributed by atoms with Crippen LogP contribution in [0.1, 0.15) is 330 Å². The van der Waals surface area contributed by atoms with Crippen molar-refractivity contribution in [3.05, 3.63) is 0 Å². The number of unbranched alkanes of at least 4 members (excludes halogenated alkanes) is 38. The molecule has 0 aromatic carbocycles. The molecule has 0 fully saturated rings. The predicted molar refractivity (Wildman–Crippen MR) is 280 cm³/mol. The highest BCUT2D eigenvalue weighted by Gasteiger charge is 2.19. The summed E-state index contributed by atoms with van der Waals surface area (Å²) >= 11 is 0. The summed E-state index contributed by atoms with van der Waals surface area (Å²) in [6, 6.07) is 0. The molecule has 65 heavy (non-hydrogen) atoms. The van der Waals surface area contributed by atoms with E-state index in [1.54, 1.807) is 0 Å². The molecular weight excluding hydrogens is 805 g/mol. The minimum absolute atomic E-state index is 0.0626. The van der Waals surface area contributed by atoms with Gasteiger partial charge in [-0.25, -0.2) is 0 Å². The average Bonchev–Trinajstić information content (AvgIpc) is 3.28. The molecule has 0 amide bonds. The Bertz CT molecular complexity index is 993. The van der Waals surface area contributed by atoms with Gasteiger partial charge in [0.05, 0.1) is 0 Å². The Hall–Kier alpha value is -1.59. The van der Waals surface area contributed by atoms with E-state index in [-0.39, 0.29) is 31.1 Å². The Morgan fingerprint density at radius 2 is 0.508 bits per heavy atom. The molecular formula is C59H114O6. The van der Waals surface area contributed by atoms with Crippen molar-refractivity contribution in [1.82, 2.24) is 0 Å². The van der Waals surface area contributed by atoms with Crippen molar-refractivity contribution >= 4 is 17.9 Å². The Balaban J connectivity index is 4.29. The molecule has 6 heteroatoms. The Labute approximate surface area is 406 Å². The summed E-state index contributed by atoms with van der Waals surface area (Å²) in [6.07, 6.45) is 55.2. The molecule has 0 heterocycles. The first-order chi connectivity index (χ1) is 31.7. The molecule has 0 spiro atoms. The topological polar surface area (TPSA) is 78.9 Å². The predicted octanol–water partition coefficient (Wildman–Crippen LogP) is 19.3. The van der Waals surface area contributed by atoms with Gasteiger partial charge in [0.25, 0.3) is 0 Å². The van der Waals surface area contributed by atoms with E-state index >= 15 is 0 Å². The summed E-state index contributed by atoms with van der Waals surface area (Å²) in [5.74, 6) is 0.836. The fourth-order valence-electron chi connectivity index (χ4n) is 9.05. The van der Waals surface area contributed by atoms with Crippen molar-refractivity contribution < 1.29 is 28.6 Å². The van der Waals surface area contributed by atoms with E-state index in [1.165, 1.54) is 218 Å². The molecule has 0 bridgehead atoms. The fourth-order valence-corrected chi connectivity index (χ4v) is 9.05. The molecule has 0 N–H and O–H groups in total. The standard InChI is InChI=1S/C59H114O6/c1-6-7-8-9-10-11-12-13-15-19-24-29-34-39-44-49-57(60)63-52-56(65-59(62)51-46-41-36-31-26-21-23-28-33-38-43-48-55(4)5)53-64-58(61)50-45-40-35-30-25-20-17-14-16-18-22-27-32-37-42-47-54(2)3/h54-56H,6-53H2,1-5H3/t56-/m0/s1. The van der Waals surface area contributed by atoms with Crippen molar-refractivity contribution in [2.24, 2.45) is 11.8 Å². The van der Waals surface area contributed by atoms with Crippen LogP contribution in [0.5, 0.6) is 0 Å². The molecule has 386 valence electrons. The molecule has 0 rings (SSSR count). The molecule has 0 unspecified atom stereocenters. The maximum Gasteiger partial charge on any atom is 0.306 e. The van der Waals surface area contributed by atoms with Crippen molar-refractivity contribution in [3.8, 4) is 0 Å². The summed E-state index contributed by atoms with van der Waals surface area (Å²) in [5, 5.41) is 0. The summed E-state index contributed by atoms with van der Waals surface area (Å²) in [5.41, 5.74) is 0. The van der Waals surface area contributed by atoms with Crippen LogP contribution in [0.4, 0.5) is 0 Å². The summed E-state index contributed by atoms with van der Waals surface area (Å²) < 4.78 is 16.9. The molecule has 0 radical (unpaired) electrons. The lowest BCUT2D eigenvalue weighted by molar-refractivity contribution is -0.167. The maximum absolute atomic E-state index is 12.8. The Morgan fingerprint density at radius 3 is 0.754 bits per heavy atom. The first kappa shape index (κ1) is 63.4. The second-order valence-electron chi connectivity index (χ2n) is 21.2. The van der Waals surface area contributed by atoms with Gasteiger partial charge in [-0.15, -0.1) is 0 Å². The van der Waals surface area contributed by atoms with Crippen LogP contribution in [-0.4, -0.2) is 37.2 Å². The highest BCUT2D eigenvalue weighted by molar-refractivity contribution is 5.71. The van der Waals surface area contributed by atoms with E-state index in [9.17, 15) is 14.4 Å². The van der Waals surface area contributed by atoms with Gasteiger partial charge in [-0.1, -0.05) is 291 Å². The van der Waals surface area contributed by atoms with Gasteiger partial charge in [-0.2, -0.15) is 0 Å². The van der Waals surface area contributed by atoms with Crippen molar-refractivity contribution in [3.63, 3.8) is 0 Å². The highest BCUT2D eigenvalue weighted by atomic mass is 16.6. The number of esters is 3. The van der Waals surface area contributed by atoms with Crippen molar-refractivity contribution in [1.29, 1.82) is 0 Å². The molecule has 1 atom stereocenters. The quantitative estimate of drug-likeness (QED) is 0.0344. The van der Waals surface area contributed by atoms with Crippen LogP contribution in [0.15, 0.2) is 0 Å². The van der Waals surface area contributed by atoms with Crippen LogP contribution in [0, 0.1) is 11.8 Å². The molecule has 0 aromatic rings. The maximum atomic E-state index is 12.8. The van der Waals surface area contributed by atoms with Crippen LogP contribution in [0.2, 0.25) is 0 Å². The zero-order valence-electron chi connectivity index (χ0n) is 44.6. The number of rotatable bonds is 53. The normalized spacial score (nSPS) is 12.0. The average molecular weight is 920 g/mol. The van der Waals surface area contributed by atoms with Gasteiger partial charge in [0.15, 0.2) is 6.10 Å². The van der Waals surface area contributed by atoms with Gasteiger partial charge >= 0.3 is 17.9 Å². The second kappa shape index (κ2) is 51.8. The molecule has 0 aliphatic heterocycles. The van der Waals surface area contributed by atoms with Gasteiger partial charge in [0.2, 0.25) is 0 Å². The van der Waals surface area contributed by atoms with Crippen LogP contribution in [-0.2, 0) is 28.6 Å². The smallest absolute Gasteiger partial charge is 0.306 e. The molecule has 0 aromatic heterocycles. The summed E-state index contributed by atoms with van der Waals surface area (Å²) in [6.45, 7) is 11.4. The van der Waals surface area contributed by atoms with Crippen LogP contribution in [0.3, 0.4) is 0 Å². The first-order valence-electron chi connectivity index (χ1n) is 29.2. The lowest BCUT2D eigenvalue weighted by atomic mass is 10.0. The van der Waals surface area contributed by atoms with Crippen LogP contribution >= 0.6 is 0 Å². The lowest BCUT2D eigenvalue weighted by Gasteiger charge is -2.18. The lowest BCUT2D eigenvalue weighted by Crippen LogP contribution is -2.30. The third-order valence-electron chi connectivity index (χ3n) is 13.5. The van der Waals surface area contributed by atoms with Gasteiger partial charge < -0.3 is 14.2 Å². The third-order valence-corrected chi connectivity index (χ3v) is 13.5. The van der Waals surface area contributed by atoms with Crippen LogP contribution in [0.25, 0.3) is 0 Å². The number of hydrogen-bond acceptors (Lipinski definition) is 6. The van der Waals surface area contributed by atoms with E-state index in [4.69, 9.17) is 14.2 Å². The zero-order valence-corrected chi connectivity index (χ0v) is 44.6. The largest absolute Gasteiger partial charge is 0.462 e. The Morgan fingerprint density at radius 1 is 0.292 bits per heavy atom. The second-order valence-corrected chi connectivity index (χ2v) is 21.2. The highest BCUT2D eigenvalue weighted by Crippen LogP contribution is 2.18. The van der Waals surface area contributed by atoms with Crippen LogP contribution < -0.4 is 0 Å². The van der Waals surface area contributed by atoms with E-state index in [2.05, 4.69) is 34.6 Å². The summed E-state index contributed by atoms with van der Waals surface area (Å²) in [7, 11) is 0. The first-order valence-corrected chi connectivity index (χ1v) is 29.2. The SMILES string of the molecule is CCCCCCCCCCCCCCCCCC(=O)OC[C@@H](COC(=O)CCCCCCCCCCCCCCCCCC(C)C)OC(=O)CCCCCCCCCCCCCC(C)C. The zero-order chi connectivity index (χ0) is 47.5. The number of carbonyl (C=O) groups is 3. The summed E-state index contributed by atoms with van der Waals surface area (Å²) in [4.78, 5) is 38.1. The van der Waals surface area contributed by atoms with Crippen molar-refractivity contribution in [2.45, 2.75) is 336 Å². The Kier molecular flexibility index (Phi) is 50.5. The minimum atomic E-state index is -0.763. The molecule has 0 aliphatic carbocycles. The molecule has 6 nitrogen and oxygen atoms in total. The molecule has 0 saturated heterocycles. The number of ether oxygens (including phenoxy) is 3. The van der Waals surface area contributed by atoms with E-state index in [0.29, 0.717) is 19.3 Å². The van der Waals surface area contributed by atoms with E-state index in [0.717, 1.165) is 69.6 Å². The minimum Gasteiger partial charge on any atom is -0.462 e. The number of hydrogen-bond donors (Lipinski definition) is 0. The van der Waals surface area contributed by atoms with Gasteiger partial charge in [0, 0.05) is 19.3 Å². The molecule has 0 saturated carbocycles. The molecule has 0 aliphatic rings. The van der Waals surface area contributed by atoms with Crippen molar-refractivity contribution in [2.75, 3.05) is 13.2 Å². The van der Waals surface area contributed by atoms with Gasteiger partial charge in [-0.05, 0) is 31.1 Å². The monoisotopic (exact) mass is 919 g/mol. The third kappa shape index (κ3) is 53.2.